The van der Waals surface area contributed by atoms with Gasteiger partial charge in [-0.2, -0.15) is 0 Å². The van der Waals surface area contributed by atoms with Gasteiger partial charge in [-0.1, -0.05) is 31.2 Å². The fraction of sp³-hybridized carbons (Fsp3) is 0.538. The molecule has 1 heterocycles. The first-order chi connectivity index (χ1) is 6.72. The van der Waals surface area contributed by atoms with Crippen molar-refractivity contribution in [3.63, 3.8) is 0 Å². The van der Waals surface area contributed by atoms with E-state index in [1.807, 2.05) is 0 Å². The average Bonchev–Trinajstić information content (AvgIpc) is 2.19. The van der Waals surface area contributed by atoms with E-state index in [9.17, 15) is 0 Å². The summed E-state index contributed by atoms with van der Waals surface area (Å²) in [6.07, 6.45) is 2.52. The molecule has 2 rings (SSSR count). The van der Waals surface area contributed by atoms with Crippen LogP contribution in [0.15, 0.2) is 24.3 Å². The Kier molecular flexibility index (Phi) is 2.60. The summed E-state index contributed by atoms with van der Waals surface area (Å²) in [5.74, 6) is 0. The summed E-state index contributed by atoms with van der Waals surface area (Å²) in [6.45, 7) is 6.94. The molecule has 0 radical (unpaired) electrons. The number of nitrogens with one attached hydrogen (secondary N) is 1. The van der Waals surface area contributed by atoms with Crippen molar-refractivity contribution >= 4 is 0 Å². The lowest BCUT2D eigenvalue weighted by atomic mass is 9.73. The van der Waals surface area contributed by atoms with Gasteiger partial charge < -0.3 is 5.32 Å². The molecule has 0 aromatic heterocycles. The summed E-state index contributed by atoms with van der Waals surface area (Å²) >= 11 is 0. The highest BCUT2D eigenvalue weighted by atomic mass is 14.9. The summed E-state index contributed by atoms with van der Waals surface area (Å²) < 4.78 is 0. The van der Waals surface area contributed by atoms with Crippen LogP contribution < -0.4 is 5.32 Å². The van der Waals surface area contributed by atoms with Gasteiger partial charge in [0, 0.05) is 0 Å². The summed E-state index contributed by atoms with van der Waals surface area (Å²) in [7, 11) is 0. The Morgan fingerprint density at radius 2 is 1.79 bits per heavy atom. The van der Waals surface area contributed by atoms with Crippen LogP contribution in [0.3, 0.4) is 0 Å². The molecule has 0 saturated carbocycles. The maximum absolute atomic E-state index is 3.43. The number of piperidine rings is 1. The lowest BCUT2D eigenvalue weighted by Gasteiger charge is -2.35. The Morgan fingerprint density at radius 1 is 1.14 bits per heavy atom. The SMILES string of the molecule is Cc1ccccc1C1(C)CCNCC1. The van der Waals surface area contributed by atoms with Gasteiger partial charge >= 0.3 is 0 Å². The summed E-state index contributed by atoms with van der Waals surface area (Å²) in [5.41, 5.74) is 3.38. The second kappa shape index (κ2) is 3.74. The van der Waals surface area contributed by atoms with E-state index in [2.05, 4.69) is 43.4 Å². The molecule has 1 N–H and O–H groups in total. The quantitative estimate of drug-likeness (QED) is 0.716. The van der Waals surface area contributed by atoms with E-state index in [1.54, 1.807) is 5.56 Å². The van der Waals surface area contributed by atoms with Crippen LogP contribution in [-0.4, -0.2) is 13.1 Å². The highest BCUT2D eigenvalue weighted by Crippen LogP contribution is 2.34. The minimum Gasteiger partial charge on any atom is -0.317 e. The van der Waals surface area contributed by atoms with Crippen molar-refractivity contribution in [3.05, 3.63) is 35.4 Å². The molecule has 0 spiro atoms. The van der Waals surface area contributed by atoms with E-state index in [1.165, 1.54) is 18.4 Å². The molecule has 1 aliphatic heterocycles. The first kappa shape index (κ1) is 9.72. The standard InChI is InChI=1S/C13H19N/c1-11-5-3-4-6-12(11)13(2)7-9-14-10-8-13/h3-6,14H,7-10H2,1-2H3. The van der Waals surface area contributed by atoms with Crippen LogP contribution in [0, 0.1) is 6.92 Å². The predicted octanol–water partition coefficient (Wildman–Crippen LogP) is 2.64. The van der Waals surface area contributed by atoms with Gasteiger partial charge in [-0.3, -0.25) is 0 Å². The number of hydrogen-bond acceptors (Lipinski definition) is 1. The Bertz CT molecular complexity index is 311. The van der Waals surface area contributed by atoms with Crippen LogP contribution >= 0.6 is 0 Å². The molecular weight excluding hydrogens is 170 g/mol. The summed E-state index contributed by atoms with van der Waals surface area (Å²) in [5, 5.41) is 3.43. The van der Waals surface area contributed by atoms with Crippen molar-refractivity contribution in [2.24, 2.45) is 0 Å². The molecule has 1 aromatic carbocycles. The summed E-state index contributed by atoms with van der Waals surface area (Å²) in [4.78, 5) is 0. The fourth-order valence-corrected chi connectivity index (χ4v) is 2.50. The molecule has 14 heavy (non-hydrogen) atoms. The minimum atomic E-state index is 0.399. The van der Waals surface area contributed by atoms with E-state index < -0.39 is 0 Å². The van der Waals surface area contributed by atoms with Crippen molar-refractivity contribution in [2.75, 3.05) is 13.1 Å². The van der Waals surface area contributed by atoms with Crippen LogP contribution in [0.25, 0.3) is 0 Å². The van der Waals surface area contributed by atoms with Crippen molar-refractivity contribution in [1.29, 1.82) is 0 Å². The van der Waals surface area contributed by atoms with Gasteiger partial charge in [-0.15, -0.1) is 0 Å². The fourth-order valence-electron chi connectivity index (χ4n) is 2.50. The van der Waals surface area contributed by atoms with Gasteiger partial charge in [0.15, 0.2) is 0 Å². The third kappa shape index (κ3) is 1.69. The van der Waals surface area contributed by atoms with Crippen LogP contribution in [0.5, 0.6) is 0 Å². The van der Waals surface area contributed by atoms with Crippen molar-refractivity contribution in [2.45, 2.75) is 32.1 Å². The molecule has 1 heteroatoms. The molecule has 1 fully saturated rings. The van der Waals surface area contributed by atoms with Gasteiger partial charge in [-0.25, -0.2) is 0 Å². The maximum Gasteiger partial charge on any atom is -0.00405 e. The Balaban J connectivity index is 2.32. The topological polar surface area (TPSA) is 12.0 Å². The zero-order chi connectivity index (χ0) is 10.0. The normalized spacial score (nSPS) is 20.7. The Morgan fingerprint density at radius 3 is 2.43 bits per heavy atom. The number of aryl methyl sites for hydroxylation is 1. The molecule has 1 nitrogen and oxygen atoms in total. The zero-order valence-electron chi connectivity index (χ0n) is 9.14. The highest BCUT2D eigenvalue weighted by molar-refractivity contribution is 5.33. The van der Waals surface area contributed by atoms with Crippen molar-refractivity contribution < 1.29 is 0 Å². The molecule has 0 unspecified atom stereocenters. The first-order valence-corrected chi connectivity index (χ1v) is 5.49. The first-order valence-electron chi connectivity index (χ1n) is 5.49. The maximum atomic E-state index is 3.43. The second-order valence-electron chi connectivity index (χ2n) is 4.63. The summed E-state index contributed by atoms with van der Waals surface area (Å²) in [6, 6.07) is 8.81. The molecule has 0 atom stereocenters. The Labute approximate surface area is 86.5 Å². The Hall–Kier alpha value is -0.820. The lowest BCUT2D eigenvalue weighted by molar-refractivity contribution is 0.334. The third-order valence-corrected chi connectivity index (χ3v) is 3.50. The van der Waals surface area contributed by atoms with E-state index in [0.717, 1.165) is 13.1 Å². The number of benzene rings is 1. The van der Waals surface area contributed by atoms with Crippen molar-refractivity contribution in [1.82, 2.24) is 5.32 Å². The predicted molar refractivity (Wildman–Crippen MR) is 60.6 cm³/mol. The number of rotatable bonds is 1. The minimum absolute atomic E-state index is 0.399. The molecule has 0 bridgehead atoms. The van der Waals surface area contributed by atoms with Crippen molar-refractivity contribution in [3.8, 4) is 0 Å². The van der Waals surface area contributed by atoms with Gasteiger partial charge in [0.05, 0.1) is 0 Å². The van der Waals surface area contributed by atoms with E-state index >= 15 is 0 Å². The molecule has 76 valence electrons. The van der Waals surface area contributed by atoms with Crippen LogP contribution in [0.1, 0.15) is 30.9 Å². The average molecular weight is 189 g/mol. The van der Waals surface area contributed by atoms with E-state index in [-0.39, 0.29) is 0 Å². The highest BCUT2D eigenvalue weighted by Gasteiger charge is 2.29. The van der Waals surface area contributed by atoms with Gasteiger partial charge in [-0.05, 0) is 49.4 Å². The second-order valence-corrected chi connectivity index (χ2v) is 4.63. The zero-order valence-corrected chi connectivity index (χ0v) is 9.14. The van der Waals surface area contributed by atoms with E-state index in [0.29, 0.717) is 5.41 Å². The van der Waals surface area contributed by atoms with Gasteiger partial charge in [0.1, 0.15) is 0 Å². The largest absolute Gasteiger partial charge is 0.317 e. The monoisotopic (exact) mass is 189 g/mol. The van der Waals surface area contributed by atoms with Crippen LogP contribution in [-0.2, 0) is 5.41 Å². The molecular formula is C13H19N. The van der Waals surface area contributed by atoms with Gasteiger partial charge in [0.2, 0.25) is 0 Å². The van der Waals surface area contributed by atoms with E-state index in [4.69, 9.17) is 0 Å². The number of hydrogen-bond donors (Lipinski definition) is 1. The smallest absolute Gasteiger partial charge is 0.00405 e. The molecule has 1 aromatic rings. The third-order valence-electron chi connectivity index (χ3n) is 3.50. The van der Waals surface area contributed by atoms with Crippen LogP contribution in [0.4, 0.5) is 0 Å². The van der Waals surface area contributed by atoms with Crippen LogP contribution in [0.2, 0.25) is 0 Å². The molecule has 1 aliphatic rings. The van der Waals surface area contributed by atoms with Gasteiger partial charge in [0.25, 0.3) is 0 Å². The molecule has 0 amide bonds. The molecule has 0 aliphatic carbocycles. The molecule has 1 saturated heterocycles. The lowest BCUT2D eigenvalue weighted by Crippen LogP contribution is -2.38.